The first kappa shape index (κ1) is 15.7. The molecule has 8 heteroatoms. The van der Waals surface area contributed by atoms with Gasteiger partial charge in [-0.3, -0.25) is 4.68 Å². The summed E-state index contributed by atoms with van der Waals surface area (Å²) in [4.78, 5) is 0. The van der Waals surface area contributed by atoms with E-state index in [9.17, 15) is 8.42 Å². The van der Waals surface area contributed by atoms with Crippen LogP contribution < -0.4 is 5.32 Å². The summed E-state index contributed by atoms with van der Waals surface area (Å²) in [5.41, 5.74) is 0. The largest absolute Gasteiger partial charge is 0.447 e. The first-order chi connectivity index (χ1) is 10.00. The van der Waals surface area contributed by atoms with Crippen molar-refractivity contribution >= 4 is 10.0 Å². The van der Waals surface area contributed by atoms with Crippen molar-refractivity contribution in [2.45, 2.75) is 24.6 Å². The summed E-state index contributed by atoms with van der Waals surface area (Å²) in [5, 5.41) is 7.31. The molecule has 0 aliphatic rings. The fourth-order valence-corrected chi connectivity index (χ4v) is 2.59. The van der Waals surface area contributed by atoms with Gasteiger partial charge in [-0.25, -0.2) is 12.7 Å². The lowest BCUT2D eigenvalue weighted by Crippen LogP contribution is -2.21. The third kappa shape index (κ3) is 4.16. The molecule has 0 fully saturated rings. The number of rotatable bonds is 8. The summed E-state index contributed by atoms with van der Waals surface area (Å²) >= 11 is 0. The summed E-state index contributed by atoms with van der Waals surface area (Å²) in [6.45, 7) is 2.15. The molecule has 0 bridgehead atoms. The van der Waals surface area contributed by atoms with Crippen LogP contribution in [0.15, 0.2) is 40.1 Å². The normalized spacial score (nSPS) is 12.1. The standard InChI is InChI=1S/C13H20N4O3S/c1-16(2)21(18,19)13-6-5-12(20-13)11-14-7-3-9-17-10-4-8-15-17/h4-6,8,10,14H,3,7,9,11H2,1-2H3. The number of furan rings is 1. The van der Waals surface area contributed by atoms with Gasteiger partial charge in [0.05, 0.1) is 6.54 Å². The fourth-order valence-electron chi connectivity index (χ4n) is 1.78. The van der Waals surface area contributed by atoms with Crippen LogP contribution in [-0.4, -0.2) is 43.1 Å². The third-order valence-electron chi connectivity index (χ3n) is 2.97. The minimum atomic E-state index is -3.49. The Kier molecular flexibility index (Phi) is 5.16. The molecule has 0 atom stereocenters. The second-order valence-corrected chi connectivity index (χ2v) is 6.89. The number of aromatic nitrogens is 2. The predicted octanol–water partition coefficient (Wildman–Crippen LogP) is 0.906. The van der Waals surface area contributed by atoms with Gasteiger partial charge in [0.2, 0.25) is 5.09 Å². The van der Waals surface area contributed by atoms with Crippen LogP contribution in [0.3, 0.4) is 0 Å². The predicted molar refractivity (Wildman–Crippen MR) is 78.1 cm³/mol. The highest BCUT2D eigenvalue weighted by molar-refractivity contribution is 7.88. The molecule has 21 heavy (non-hydrogen) atoms. The van der Waals surface area contributed by atoms with Crippen LogP contribution in [-0.2, 0) is 23.1 Å². The molecule has 2 rings (SSSR count). The molecule has 2 heterocycles. The second kappa shape index (κ2) is 6.88. The van der Waals surface area contributed by atoms with Gasteiger partial charge in [-0.15, -0.1) is 0 Å². The number of hydrogen-bond donors (Lipinski definition) is 1. The Balaban J connectivity index is 1.76. The Morgan fingerprint density at radius 3 is 2.86 bits per heavy atom. The molecule has 2 aromatic heterocycles. The second-order valence-electron chi connectivity index (χ2n) is 4.81. The summed E-state index contributed by atoms with van der Waals surface area (Å²) in [6, 6.07) is 5.05. The van der Waals surface area contributed by atoms with Crippen molar-refractivity contribution in [2.24, 2.45) is 0 Å². The molecule has 0 aromatic carbocycles. The van der Waals surface area contributed by atoms with Crippen molar-refractivity contribution in [3.8, 4) is 0 Å². The zero-order valence-corrected chi connectivity index (χ0v) is 13.0. The zero-order chi connectivity index (χ0) is 15.3. The first-order valence-electron chi connectivity index (χ1n) is 6.69. The van der Waals surface area contributed by atoms with Crippen LogP contribution in [0.1, 0.15) is 12.2 Å². The van der Waals surface area contributed by atoms with Crippen LogP contribution in [0.4, 0.5) is 0 Å². The molecule has 7 nitrogen and oxygen atoms in total. The fraction of sp³-hybridized carbons (Fsp3) is 0.462. The van der Waals surface area contributed by atoms with E-state index in [1.807, 2.05) is 16.9 Å². The molecule has 0 aliphatic heterocycles. The number of aryl methyl sites for hydroxylation is 1. The van der Waals surface area contributed by atoms with Crippen molar-refractivity contribution in [2.75, 3.05) is 20.6 Å². The van der Waals surface area contributed by atoms with Gasteiger partial charge >= 0.3 is 0 Å². The summed E-state index contributed by atoms with van der Waals surface area (Å²) in [5.74, 6) is 0.606. The van der Waals surface area contributed by atoms with E-state index in [2.05, 4.69) is 10.4 Å². The van der Waals surface area contributed by atoms with E-state index < -0.39 is 10.0 Å². The van der Waals surface area contributed by atoms with E-state index in [0.29, 0.717) is 12.3 Å². The van der Waals surface area contributed by atoms with E-state index in [4.69, 9.17) is 4.42 Å². The lowest BCUT2D eigenvalue weighted by atomic mass is 10.4. The Labute approximate surface area is 124 Å². The average Bonchev–Trinajstić information content (AvgIpc) is 3.09. The van der Waals surface area contributed by atoms with Gasteiger partial charge in [-0.05, 0) is 31.2 Å². The van der Waals surface area contributed by atoms with Crippen molar-refractivity contribution in [1.29, 1.82) is 0 Å². The molecular formula is C13H20N4O3S. The Morgan fingerprint density at radius 1 is 1.38 bits per heavy atom. The first-order valence-corrected chi connectivity index (χ1v) is 8.13. The zero-order valence-electron chi connectivity index (χ0n) is 12.2. The van der Waals surface area contributed by atoms with Gasteiger partial charge in [0, 0.05) is 33.0 Å². The van der Waals surface area contributed by atoms with Crippen LogP contribution >= 0.6 is 0 Å². The molecule has 1 N–H and O–H groups in total. The Hall–Kier alpha value is -1.64. The van der Waals surface area contributed by atoms with Crippen LogP contribution in [0.25, 0.3) is 0 Å². The minimum absolute atomic E-state index is 0.0270. The molecular weight excluding hydrogens is 292 g/mol. The van der Waals surface area contributed by atoms with Crippen LogP contribution in [0.5, 0.6) is 0 Å². The van der Waals surface area contributed by atoms with E-state index in [-0.39, 0.29) is 5.09 Å². The minimum Gasteiger partial charge on any atom is -0.447 e. The van der Waals surface area contributed by atoms with Gasteiger partial charge in [-0.2, -0.15) is 5.10 Å². The highest BCUT2D eigenvalue weighted by Gasteiger charge is 2.21. The average molecular weight is 312 g/mol. The lowest BCUT2D eigenvalue weighted by Gasteiger charge is -2.08. The number of nitrogens with one attached hydrogen (secondary N) is 1. The molecule has 116 valence electrons. The molecule has 0 saturated carbocycles. The SMILES string of the molecule is CN(C)S(=O)(=O)c1ccc(CNCCCn2cccn2)o1. The Morgan fingerprint density at radius 2 is 2.19 bits per heavy atom. The molecule has 2 aromatic rings. The molecule has 0 amide bonds. The third-order valence-corrected chi connectivity index (χ3v) is 4.66. The van der Waals surface area contributed by atoms with E-state index in [1.165, 1.54) is 20.2 Å². The van der Waals surface area contributed by atoms with E-state index in [1.54, 1.807) is 12.3 Å². The van der Waals surface area contributed by atoms with Crippen molar-refractivity contribution in [1.82, 2.24) is 19.4 Å². The molecule has 0 saturated heterocycles. The maximum absolute atomic E-state index is 11.9. The highest BCUT2D eigenvalue weighted by Crippen LogP contribution is 2.16. The summed E-state index contributed by atoms with van der Waals surface area (Å²) < 4.78 is 32.1. The van der Waals surface area contributed by atoms with Crippen LogP contribution in [0, 0.1) is 0 Å². The lowest BCUT2D eigenvalue weighted by molar-refractivity contribution is 0.387. The highest BCUT2D eigenvalue weighted by atomic mass is 32.2. The van der Waals surface area contributed by atoms with Gasteiger partial charge in [-0.1, -0.05) is 0 Å². The van der Waals surface area contributed by atoms with Crippen molar-refractivity contribution in [3.05, 3.63) is 36.4 Å². The van der Waals surface area contributed by atoms with Crippen molar-refractivity contribution in [3.63, 3.8) is 0 Å². The van der Waals surface area contributed by atoms with Gasteiger partial charge in [0.1, 0.15) is 5.76 Å². The number of hydrogen-bond acceptors (Lipinski definition) is 5. The van der Waals surface area contributed by atoms with E-state index in [0.717, 1.165) is 23.8 Å². The Bertz CT molecular complexity index is 647. The number of nitrogens with zero attached hydrogens (tertiary/aromatic N) is 3. The molecule has 0 radical (unpaired) electrons. The summed E-state index contributed by atoms with van der Waals surface area (Å²) in [7, 11) is -0.539. The van der Waals surface area contributed by atoms with Gasteiger partial charge in [0.15, 0.2) is 0 Å². The maximum Gasteiger partial charge on any atom is 0.275 e. The molecule has 0 aliphatic carbocycles. The van der Waals surface area contributed by atoms with E-state index >= 15 is 0 Å². The summed E-state index contributed by atoms with van der Waals surface area (Å²) in [6.07, 6.45) is 4.61. The van der Waals surface area contributed by atoms with Gasteiger partial charge < -0.3 is 9.73 Å². The monoisotopic (exact) mass is 312 g/mol. The molecule has 0 spiro atoms. The van der Waals surface area contributed by atoms with Crippen molar-refractivity contribution < 1.29 is 12.8 Å². The topological polar surface area (TPSA) is 80.4 Å². The van der Waals surface area contributed by atoms with Gasteiger partial charge in [0.25, 0.3) is 10.0 Å². The smallest absolute Gasteiger partial charge is 0.275 e. The van der Waals surface area contributed by atoms with Crippen LogP contribution in [0.2, 0.25) is 0 Å². The quantitative estimate of drug-likeness (QED) is 0.733. The maximum atomic E-state index is 11.9. The molecule has 0 unspecified atom stereocenters. The number of sulfonamides is 1.